The fraction of sp³-hybridized carbons (Fsp3) is 0.167. The maximum atomic E-state index is 10.6. The standard InChI is InChI=1S/C72H62N4/c1-40-24-44(5)68(45(6)25-40)54-16-20-58-59-21-17-55(69-46(7)26-41(2)27-47(69)8)34-63(59)75(62(58)33-54)66-38-74-39-67(72(66)53-15-13-14-52(32-53)37-73)76-64-35-56(70-48(9)28-42(3)29-49(70)10)18-22-60(64)61-23-19-57(36-65(61)76)71-50(11)30-43(4)31-51(71)12/h13-36,38-39H,1-12H3. The van der Waals surface area contributed by atoms with Gasteiger partial charge in [0.2, 0.25) is 0 Å². The van der Waals surface area contributed by atoms with Crippen molar-refractivity contribution in [3.63, 3.8) is 0 Å². The third-order valence-corrected chi connectivity index (χ3v) is 16.1. The Morgan fingerprint density at radius 3 is 0.868 bits per heavy atom. The number of pyridine rings is 1. The quantitative estimate of drug-likeness (QED) is 0.160. The van der Waals surface area contributed by atoms with E-state index in [1.165, 1.54) is 111 Å². The van der Waals surface area contributed by atoms with Crippen LogP contribution in [-0.4, -0.2) is 14.1 Å². The summed E-state index contributed by atoms with van der Waals surface area (Å²) in [4.78, 5) is 5.32. The number of nitrogens with zero attached hydrogens (tertiary/aromatic N) is 4. The first-order valence-corrected chi connectivity index (χ1v) is 26.6. The van der Waals surface area contributed by atoms with E-state index >= 15 is 0 Å². The Kier molecular flexibility index (Phi) is 11.6. The molecule has 12 aromatic rings. The Bertz CT molecular complexity index is 3910. The number of rotatable bonds is 7. The smallest absolute Gasteiger partial charge is 0.0991 e. The summed E-state index contributed by atoms with van der Waals surface area (Å²) in [7, 11) is 0. The first-order valence-electron chi connectivity index (χ1n) is 26.6. The van der Waals surface area contributed by atoms with E-state index in [1.54, 1.807) is 0 Å². The van der Waals surface area contributed by atoms with Gasteiger partial charge in [0.25, 0.3) is 0 Å². The molecule has 0 aliphatic rings. The average Bonchev–Trinajstić information content (AvgIpc) is 4.04. The lowest BCUT2D eigenvalue weighted by molar-refractivity contribution is 1.09. The Morgan fingerprint density at radius 1 is 0.316 bits per heavy atom. The van der Waals surface area contributed by atoms with Crippen molar-refractivity contribution in [3.8, 4) is 73.1 Å². The van der Waals surface area contributed by atoms with Crippen molar-refractivity contribution in [2.75, 3.05) is 0 Å². The number of benzene rings is 9. The molecule has 4 heteroatoms. The fourth-order valence-corrected chi connectivity index (χ4v) is 13.5. The van der Waals surface area contributed by atoms with E-state index in [1.807, 2.05) is 30.6 Å². The molecule has 0 aliphatic heterocycles. The van der Waals surface area contributed by atoms with E-state index in [4.69, 9.17) is 4.98 Å². The van der Waals surface area contributed by atoms with Crippen LogP contribution in [0.1, 0.15) is 72.3 Å². The van der Waals surface area contributed by atoms with Crippen molar-refractivity contribution in [3.05, 3.63) is 230 Å². The monoisotopic (exact) mass is 982 g/mol. The van der Waals surface area contributed by atoms with E-state index < -0.39 is 0 Å². The lowest BCUT2D eigenvalue weighted by Gasteiger charge is -2.21. The SMILES string of the molecule is Cc1cc(C)c(-c2ccc3c4ccc(-c5c(C)cc(C)cc5C)cc4n(-c4cncc(-n5c6cc(-c7c(C)cc(C)cc7C)ccc6c6ccc(-c7c(C)cc(C)cc7C)cc65)c4-c4cccc(C#N)c4)c3c2)c(C)c1. The Morgan fingerprint density at radius 2 is 0.592 bits per heavy atom. The van der Waals surface area contributed by atoms with Gasteiger partial charge in [0, 0.05) is 27.1 Å². The minimum atomic E-state index is 0.594. The molecule has 0 spiro atoms. The molecular formula is C72H62N4. The number of aromatic nitrogens is 3. The van der Waals surface area contributed by atoms with Gasteiger partial charge in [-0.1, -0.05) is 131 Å². The van der Waals surface area contributed by atoms with Crippen molar-refractivity contribution in [1.82, 2.24) is 14.1 Å². The number of fused-ring (bicyclic) bond motifs is 6. The molecule has 0 saturated carbocycles. The van der Waals surface area contributed by atoms with Crippen LogP contribution in [0.3, 0.4) is 0 Å². The molecule has 0 fully saturated rings. The molecular weight excluding hydrogens is 921 g/mol. The third kappa shape index (κ3) is 7.84. The molecule has 4 nitrogen and oxygen atoms in total. The molecule has 0 N–H and O–H groups in total. The van der Waals surface area contributed by atoms with Crippen LogP contribution in [0.5, 0.6) is 0 Å². The maximum absolute atomic E-state index is 10.6. The normalized spacial score (nSPS) is 11.7. The average molecular weight is 983 g/mol. The molecule has 0 unspecified atom stereocenters. The summed E-state index contributed by atoms with van der Waals surface area (Å²) in [5, 5.41) is 15.2. The van der Waals surface area contributed by atoms with Gasteiger partial charge in [0.05, 0.1) is 57.5 Å². The van der Waals surface area contributed by atoms with Crippen LogP contribution >= 0.6 is 0 Å². The highest BCUT2D eigenvalue weighted by molar-refractivity contribution is 6.14. The predicted octanol–water partition coefficient (Wildman–Crippen LogP) is 19.2. The molecule has 3 aromatic heterocycles. The second-order valence-corrected chi connectivity index (χ2v) is 21.9. The molecule has 3 heterocycles. The van der Waals surface area contributed by atoms with Crippen molar-refractivity contribution in [2.45, 2.75) is 83.1 Å². The van der Waals surface area contributed by atoms with Gasteiger partial charge in [-0.15, -0.1) is 0 Å². The Hall–Kier alpha value is -8.78. The van der Waals surface area contributed by atoms with Crippen LogP contribution in [0.25, 0.3) is 111 Å². The lowest BCUT2D eigenvalue weighted by atomic mass is 9.92. The largest absolute Gasteiger partial charge is 0.307 e. The summed E-state index contributed by atoms with van der Waals surface area (Å²) >= 11 is 0. The fourth-order valence-electron chi connectivity index (χ4n) is 13.5. The van der Waals surface area contributed by atoms with Gasteiger partial charge < -0.3 is 9.13 Å². The van der Waals surface area contributed by atoms with Crippen LogP contribution < -0.4 is 0 Å². The van der Waals surface area contributed by atoms with Crippen molar-refractivity contribution in [2.24, 2.45) is 0 Å². The van der Waals surface area contributed by atoms with Gasteiger partial charge in [0.15, 0.2) is 0 Å². The minimum absolute atomic E-state index is 0.594. The number of nitriles is 1. The second kappa shape index (κ2) is 18.3. The highest BCUT2D eigenvalue weighted by Gasteiger charge is 2.25. The highest BCUT2D eigenvalue weighted by atomic mass is 15.0. The third-order valence-electron chi connectivity index (χ3n) is 16.1. The zero-order valence-corrected chi connectivity index (χ0v) is 45.8. The lowest BCUT2D eigenvalue weighted by Crippen LogP contribution is -2.05. The van der Waals surface area contributed by atoms with Crippen LogP contribution in [0.4, 0.5) is 0 Å². The molecule has 9 aromatic carbocycles. The van der Waals surface area contributed by atoms with Crippen molar-refractivity contribution < 1.29 is 0 Å². The van der Waals surface area contributed by atoms with E-state index in [0.717, 1.165) is 66.1 Å². The van der Waals surface area contributed by atoms with E-state index in [2.05, 4.69) is 226 Å². The first-order chi connectivity index (χ1) is 36.6. The number of hydrogen-bond acceptors (Lipinski definition) is 2. The van der Waals surface area contributed by atoms with Gasteiger partial charge in [-0.3, -0.25) is 4.98 Å². The van der Waals surface area contributed by atoms with Crippen LogP contribution in [0.2, 0.25) is 0 Å². The summed E-state index contributed by atoms with van der Waals surface area (Å²) in [6.45, 7) is 26.5. The van der Waals surface area contributed by atoms with E-state index in [-0.39, 0.29) is 0 Å². The Balaban J connectivity index is 1.25. The van der Waals surface area contributed by atoms with E-state index in [9.17, 15) is 5.26 Å². The first kappa shape index (κ1) is 48.2. The van der Waals surface area contributed by atoms with Crippen molar-refractivity contribution >= 4 is 43.6 Å². The summed E-state index contributed by atoms with van der Waals surface area (Å²) in [6.07, 6.45) is 4.09. The zero-order valence-electron chi connectivity index (χ0n) is 45.8. The molecule has 0 bridgehead atoms. The molecule has 76 heavy (non-hydrogen) atoms. The van der Waals surface area contributed by atoms with Crippen LogP contribution in [0, 0.1) is 94.4 Å². The maximum Gasteiger partial charge on any atom is 0.0991 e. The summed E-state index contributed by atoms with van der Waals surface area (Å²) in [5.41, 5.74) is 33.4. The predicted molar refractivity (Wildman–Crippen MR) is 322 cm³/mol. The summed E-state index contributed by atoms with van der Waals surface area (Å²) in [5.74, 6) is 0. The van der Waals surface area contributed by atoms with Gasteiger partial charge >= 0.3 is 0 Å². The molecule has 12 rings (SSSR count). The topological polar surface area (TPSA) is 46.5 Å². The van der Waals surface area contributed by atoms with Gasteiger partial charge in [0.1, 0.15) is 0 Å². The van der Waals surface area contributed by atoms with Crippen LogP contribution in [-0.2, 0) is 0 Å². The Labute approximate surface area is 447 Å². The zero-order chi connectivity index (χ0) is 53.0. The molecule has 0 aliphatic carbocycles. The summed E-state index contributed by atoms with van der Waals surface area (Å²) in [6, 6.07) is 57.0. The van der Waals surface area contributed by atoms with Gasteiger partial charge in [-0.05, 0) is 214 Å². The van der Waals surface area contributed by atoms with Gasteiger partial charge in [-0.2, -0.15) is 5.26 Å². The minimum Gasteiger partial charge on any atom is -0.307 e. The van der Waals surface area contributed by atoms with Crippen LogP contribution in [0.15, 0.2) is 158 Å². The molecule has 370 valence electrons. The van der Waals surface area contributed by atoms with Crippen molar-refractivity contribution in [1.29, 1.82) is 5.26 Å². The number of aryl methyl sites for hydroxylation is 12. The molecule has 0 saturated heterocycles. The molecule has 0 radical (unpaired) electrons. The van der Waals surface area contributed by atoms with E-state index in [0.29, 0.717) is 5.56 Å². The second-order valence-electron chi connectivity index (χ2n) is 21.9. The highest BCUT2D eigenvalue weighted by Crippen LogP contribution is 2.46. The summed E-state index contributed by atoms with van der Waals surface area (Å²) < 4.78 is 4.92. The molecule has 0 atom stereocenters. The number of hydrogen-bond donors (Lipinski definition) is 0. The molecule has 0 amide bonds. The van der Waals surface area contributed by atoms with Gasteiger partial charge in [-0.25, -0.2) is 0 Å².